The summed E-state index contributed by atoms with van der Waals surface area (Å²) >= 11 is 0. The summed E-state index contributed by atoms with van der Waals surface area (Å²) in [5.41, 5.74) is 13.1. The molecule has 4 N–H and O–H groups in total. The van der Waals surface area contributed by atoms with Gasteiger partial charge in [0, 0.05) is 5.54 Å². The first-order valence-electron chi connectivity index (χ1n) is 4.77. The van der Waals surface area contributed by atoms with E-state index in [0.29, 0.717) is 0 Å². The van der Waals surface area contributed by atoms with Gasteiger partial charge >= 0.3 is 0 Å². The summed E-state index contributed by atoms with van der Waals surface area (Å²) in [6.45, 7) is 0. The molecule has 1 aromatic rings. The SMILES string of the molecule is NC(=O)Cc1ccccc1C1(N)CC1. The lowest BCUT2D eigenvalue weighted by atomic mass is 9.97. The van der Waals surface area contributed by atoms with E-state index in [-0.39, 0.29) is 17.9 Å². The van der Waals surface area contributed by atoms with Crippen molar-refractivity contribution >= 4 is 5.91 Å². The Kier molecular flexibility index (Phi) is 2.04. The van der Waals surface area contributed by atoms with E-state index in [9.17, 15) is 4.79 Å². The maximum atomic E-state index is 10.8. The van der Waals surface area contributed by atoms with Crippen molar-refractivity contribution in [2.75, 3.05) is 0 Å². The monoisotopic (exact) mass is 190 g/mol. The molecule has 0 atom stereocenters. The number of benzene rings is 1. The first-order chi connectivity index (χ1) is 6.62. The molecule has 0 saturated heterocycles. The summed E-state index contributed by atoms with van der Waals surface area (Å²) in [6.07, 6.45) is 2.29. The molecule has 0 spiro atoms. The van der Waals surface area contributed by atoms with Crippen molar-refractivity contribution in [3.8, 4) is 0 Å². The van der Waals surface area contributed by atoms with Gasteiger partial charge in [0.1, 0.15) is 0 Å². The molecule has 1 saturated carbocycles. The van der Waals surface area contributed by atoms with Gasteiger partial charge in [0.25, 0.3) is 0 Å². The van der Waals surface area contributed by atoms with Crippen molar-refractivity contribution in [1.82, 2.24) is 0 Å². The van der Waals surface area contributed by atoms with Crippen molar-refractivity contribution in [3.05, 3.63) is 35.4 Å². The number of carbonyl (C=O) groups excluding carboxylic acids is 1. The fraction of sp³-hybridized carbons (Fsp3) is 0.364. The molecule has 0 bridgehead atoms. The Balaban J connectivity index is 2.34. The summed E-state index contributed by atoms with van der Waals surface area (Å²) < 4.78 is 0. The Labute approximate surface area is 83.1 Å². The van der Waals surface area contributed by atoms with E-state index in [1.165, 1.54) is 0 Å². The van der Waals surface area contributed by atoms with Crippen LogP contribution in [0.15, 0.2) is 24.3 Å². The van der Waals surface area contributed by atoms with Crippen molar-refractivity contribution in [2.24, 2.45) is 11.5 Å². The van der Waals surface area contributed by atoms with Crippen LogP contribution < -0.4 is 11.5 Å². The van der Waals surface area contributed by atoms with E-state index in [0.717, 1.165) is 24.0 Å². The van der Waals surface area contributed by atoms with Crippen LogP contribution in [0.2, 0.25) is 0 Å². The molecule has 1 amide bonds. The Bertz CT molecular complexity index is 369. The largest absolute Gasteiger partial charge is 0.369 e. The Hall–Kier alpha value is -1.35. The second-order valence-corrected chi connectivity index (χ2v) is 3.96. The van der Waals surface area contributed by atoms with Crippen molar-refractivity contribution in [3.63, 3.8) is 0 Å². The molecule has 2 rings (SSSR count). The molecule has 3 nitrogen and oxygen atoms in total. The van der Waals surface area contributed by atoms with Crippen LogP contribution in [0.4, 0.5) is 0 Å². The normalized spacial score (nSPS) is 17.8. The molecule has 0 unspecified atom stereocenters. The Morgan fingerprint density at radius 1 is 1.36 bits per heavy atom. The fourth-order valence-electron chi connectivity index (χ4n) is 1.75. The molecular formula is C11H14N2O. The first-order valence-corrected chi connectivity index (χ1v) is 4.77. The maximum absolute atomic E-state index is 10.8. The van der Waals surface area contributed by atoms with Crippen LogP contribution in [-0.2, 0) is 16.8 Å². The fourth-order valence-corrected chi connectivity index (χ4v) is 1.75. The molecule has 0 heterocycles. The average molecular weight is 190 g/mol. The van der Waals surface area contributed by atoms with Gasteiger partial charge in [-0.3, -0.25) is 4.79 Å². The number of hydrogen-bond acceptors (Lipinski definition) is 2. The lowest BCUT2D eigenvalue weighted by molar-refractivity contribution is -0.117. The lowest BCUT2D eigenvalue weighted by Gasteiger charge is -2.13. The molecule has 3 heteroatoms. The predicted molar refractivity (Wildman–Crippen MR) is 54.4 cm³/mol. The number of rotatable bonds is 3. The number of primary amides is 1. The van der Waals surface area contributed by atoms with Crippen LogP contribution in [0.25, 0.3) is 0 Å². The average Bonchev–Trinajstić information content (AvgIpc) is 2.84. The summed E-state index contributed by atoms with van der Waals surface area (Å²) in [4.78, 5) is 10.8. The van der Waals surface area contributed by atoms with Gasteiger partial charge in [-0.25, -0.2) is 0 Å². The van der Waals surface area contributed by atoms with Gasteiger partial charge < -0.3 is 11.5 Å². The van der Waals surface area contributed by atoms with Crippen LogP contribution >= 0.6 is 0 Å². The molecular weight excluding hydrogens is 176 g/mol. The highest BCUT2D eigenvalue weighted by Gasteiger charge is 2.41. The standard InChI is InChI=1S/C11H14N2O/c12-10(14)7-8-3-1-2-4-9(8)11(13)5-6-11/h1-4H,5-7,13H2,(H2,12,14). The van der Waals surface area contributed by atoms with Crippen LogP contribution in [0.5, 0.6) is 0 Å². The van der Waals surface area contributed by atoms with Gasteiger partial charge in [0.15, 0.2) is 0 Å². The Morgan fingerprint density at radius 2 is 2.00 bits per heavy atom. The zero-order valence-corrected chi connectivity index (χ0v) is 7.99. The summed E-state index contributed by atoms with van der Waals surface area (Å²) in [5.74, 6) is -0.304. The van der Waals surface area contributed by atoms with Gasteiger partial charge in [-0.05, 0) is 24.0 Å². The second kappa shape index (κ2) is 3.10. The van der Waals surface area contributed by atoms with Gasteiger partial charge in [-0.2, -0.15) is 0 Å². The third-order valence-corrected chi connectivity index (χ3v) is 2.71. The minimum Gasteiger partial charge on any atom is -0.369 e. The zero-order valence-electron chi connectivity index (χ0n) is 7.99. The molecule has 74 valence electrons. The molecule has 0 radical (unpaired) electrons. The van der Waals surface area contributed by atoms with E-state index in [2.05, 4.69) is 0 Å². The van der Waals surface area contributed by atoms with Crippen molar-refractivity contribution in [1.29, 1.82) is 0 Å². The first kappa shape index (κ1) is 9.21. The summed E-state index contributed by atoms with van der Waals surface area (Å²) in [5, 5.41) is 0. The molecule has 14 heavy (non-hydrogen) atoms. The minimum atomic E-state index is -0.304. The highest BCUT2D eigenvalue weighted by Crippen LogP contribution is 2.43. The van der Waals surface area contributed by atoms with Gasteiger partial charge in [0.2, 0.25) is 5.91 Å². The van der Waals surface area contributed by atoms with Gasteiger partial charge in [0.05, 0.1) is 6.42 Å². The molecule has 1 aliphatic carbocycles. The van der Waals surface area contributed by atoms with E-state index in [1.54, 1.807) is 0 Å². The molecule has 1 aliphatic rings. The number of hydrogen-bond donors (Lipinski definition) is 2. The van der Waals surface area contributed by atoms with Crippen molar-refractivity contribution < 1.29 is 4.79 Å². The predicted octanol–water partition coefficient (Wildman–Crippen LogP) is 0.662. The van der Waals surface area contributed by atoms with Crippen molar-refractivity contribution in [2.45, 2.75) is 24.8 Å². The number of nitrogens with two attached hydrogens (primary N) is 2. The van der Waals surface area contributed by atoms with Crippen LogP contribution in [0, 0.1) is 0 Å². The number of amides is 1. The smallest absolute Gasteiger partial charge is 0.221 e. The van der Waals surface area contributed by atoms with E-state index in [4.69, 9.17) is 11.5 Å². The highest BCUT2D eigenvalue weighted by molar-refractivity contribution is 5.77. The molecule has 0 aliphatic heterocycles. The molecule has 1 fully saturated rings. The van der Waals surface area contributed by atoms with Crippen LogP contribution in [-0.4, -0.2) is 5.91 Å². The zero-order chi connectivity index (χ0) is 10.2. The number of carbonyl (C=O) groups is 1. The van der Waals surface area contributed by atoms with E-state index in [1.807, 2.05) is 24.3 Å². The third kappa shape index (κ3) is 1.63. The summed E-state index contributed by atoms with van der Waals surface area (Å²) in [6, 6.07) is 7.78. The topological polar surface area (TPSA) is 69.1 Å². The quantitative estimate of drug-likeness (QED) is 0.735. The maximum Gasteiger partial charge on any atom is 0.221 e. The van der Waals surface area contributed by atoms with E-state index < -0.39 is 0 Å². The Morgan fingerprint density at radius 3 is 2.57 bits per heavy atom. The second-order valence-electron chi connectivity index (χ2n) is 3.96. The summed E-state index contributed by atoms with van der Waals surface area (Å²) in [7, 11) is 0. The lowest BCUT2D eigenvalue weighted by Crippen LogP contribution is -2.23. The molecule has 1 aromatic carbocycles. The van der Waals surface area contributed by atoms with E-state index >= 15 is 0 Å². The molecule has 0 aromatic heterocycles. The van der Waals surface area contributed by atoms with Crippen LogP contribution in [0.1, 0.15) is 24.0 Å². The van der Waals surface area contributed by atoms with Gasteiger partial charge in [-0.15, -0.1) is 0 Å². The highest BCUT2D eigenvalue weighted by atomic mass is 16.1. The van der Waals surface area contributed by atoms with Crippen LogP contribution in [0.3, 0.4) is 0 Å². The minimum absolute atomic E-state index is 0.188. The van der Waals surface area contributed by atoms with Gasteiger partial charge in [-0.1, -0.05) is 24.3 Å². The third-order valence-electron chi connectivity index (χ3n) is 2.71.